The molecular formula is C14H22N2O3. The summed E-state index contributed by atoms with van der Waals surface area (Å²) in [6.07, 6.45) is 0. The van der Waals surface area contributed by atoms with E-state index in [0.29, 0.717) is 31.9 Å². The molecule has 19 heavy (non-hydrogen) atoms. The lowest BCUT2D eigenvalue weighted by Gasteiger charge is -2.22. The van der Waals surface area contributed by atoms with E-state index < -0.39 is 0 Å². The first-order valence-electron chi connectivity index (χ1n) is 6.31. The lowest BCUT2D eigenvalue weighted by Crippen LogP contribution is -2.36. The first-order valence-corrected chi connectivity index (χ1v) is 6.31. The van der Waals surface area contributed by atoms with Crippen LogP contribution in [0.5, 0.6) is 0 Å². The first-order chi connectivity index (χ1) is 9.08. The number of rotatable bonds is 7. The van der Waals surface area contributed by atoms with Gasteiger partial charge in [-0.05, 0) is 26.0 Å². The van der Waals surface area contributed by atoms with E-state index in [1.165, 1.54) is 0 Å². The summed E-state index contributed by atoms with van der Waals surface area (Å²) in [7, 11) is 3.25. The van der Waals surface area contributed by atoms with E-state index in [9.17, 15) is 4.79 Å². The number of aryl methyl sites for hydroxylation is 2. The molecule has 1 amide bonds. The zero-order valence-electron chi connectivity index (χ0n) is 12.1. The van der Waals surface area contributed by atoms with Crippen molar-refractivity contribution in [1.82, 2.24) is 9.88 Å². The number of hydrogen-bond donors (Lipinski definition) is 0. The van der Waals surface area contributed by atoms with Crippen molar-refractivity contribution in [3.63, 3.8) is 0 Å². The second kappa shape index (κ2) is 7.86. The highest BCUT2D eigenvalue weighted by Crippen LogP contribution is 2.08. The Labute approximate surface area is 114 Å². The lowest BCUT2D eigenvalue weighted by atomic mass is 10.1. The van der Waals surface area contributed by atoms with Crippen molar-refractivity contribution in [2.45, 2.75) is 13.8 Å². The molecule has 5 nitrogen and oxygen atoms in total. The van der Waals surface area contributed by atoms with Gasteiger partial charge in [-0.3, -0.25) is 9.78 Å². The van der Waals surface area contributed by atoms with Gasteiger partial charge in [0.05, 0.1) is 13.2 Å². The van der Waals surface area contributed by atoms with Gasteiger partial charge >= 0.3 is 0 Å². The molecule has 0 aliphatic carbocycles. The van der Waals surface area contributed by atoms with E-state index in [-0.39, 0.29) is 5.91 Å². The fourth-order valence-electron chi connectivity index (χ4n) is 1.86. The number of nitrogens with zero attached hydrogens (tertiary/aromatic N) is 2. The van der Waals surface area contributed by atoms with Gasteiger partial charge in [-0.2, -0.15) is 0 Å². The molecule has 1 heterocycles. The average Bonchev–Trinajstić information content (AvgIpc) is 2.37. The van der Waals surface area contributed by atoms with Crippen molar-refractivity contribution in [3.05, 3.63) is 29.1 Å². The van der Waals surface area contributed by atoms with Gasteiger partial charge in [-0.1, -0.05) is 0 Å². The molecule has 5 heteroatoms. The van der Waals surface area contributed by atoms with Gasteiger partial charge in [0, 0.05) is 44.3 Å². The van der Waals surface area contributed by atoms with Gasteiger partial charge in [0.1, 0.15) is 0 Å². The highest BCUT2D eigenvalue weighted by molar-refractivity contribution is 5.94. The van der Waals surface area contributed by atoms with Crippen LogP contribution in [0.25, 0.3) is 0 Å². The minimum absolute atomic E-state index is 0.0114. The predicted octanol–water partition coefficient (Wildman–Crippen LogP) is 1.43. The topological polar surface area (TPSA) is 51.7 Å². The van der Waals surface area contributed by atoms with Gasteiger partial charge in [-0.25, -0.2) is 0 Å². The third kappa shape index (κ3) is 4.96. The van der Waals surface area contributed by atoms with Crippen molar-refractivity contribution in [2.24, 2.45) is 0 Å². The second-order valence-corrected chi connectivity index (χ2v) is 4.42. The second-order valence-electron chi connectivity index (χ2n) is 4.42. The molecule has 0 fully saturated rings. The van der Waals surface area contributed by atoms with Crippen molar-refractivity contribution < 1.29 is 14.3 Å². The van der Waals surface area contributed by atoms with Gasteiger partial charge in [0.15, 0.2) is 0 Å². The minimum atomic E-state index is -0.0114. The standard InChI is InChI=1S/C14H22N2O3/c1-11-9-13(10-12(2)15-11)14(17)16(5-7-18-3)6-8-19-4/h9-10H,5-8H2,1-4H3. The van der Waals surface area contributed by atoms with Crippen LogP contribution in [0.15, 0.2) is 12.1 Å². The van der Waals surface area contributed by atoms with E-state index in [1.54, 1.807) is 19.1 Å². The van der Waals surface area contributed by atoms with Gasteiger partial charge in [0.2, 0.25) is 0 Å². The third-order valence-corrected chi connectivity index (χ3v) is 2.75. The normalized spacial score (nSPS) is 10.5. The van der Waals surface area contributed by atoms with Crippen LogP contribution >= 0.6 is 0 Å². The number of aromatic nitrogens is 1. The van der Waals surface area contributed by atoms with E-state index in [4.69, 9.17) is 9.47 Å². The van der Waals surface area contributed by atoms with Gasteiger partial charge < -0.3 is 14.4 Å². The molecule has 0 spiro atoms. The summed E-state index contributed by atoms with van der Waals surface area (Å²) < 4.78 is 10.1. The summed E-state index contributed by atoms with van der Waals surface area (Å²) in [5.74, 6) is -0.0114. The van der Waals surface area contributed by atoms with E-state index >= 15 is 0 Å². The van der Waals surface area contributed by atoms with Crippen LogP contribution in [-0.4, -0.2) is 56.3 Å². The SMILES string of the molecule is COCCN(CCOC)C(=O)c1cc(C)nc(C)c1. The number of pyridine rings is 1. The lowest BCUT2D eigenvalue weighted by molar-refractivity contribution is 0.0627. The Bertz CT molecular complexity index is 393. The molecule has 1 aromatic rings. The number of carbonyl (C=O) groups is 1. The van der Waals surface area contributed by atoms with Crippen LogP contribution in [-0.2, 0) is 9.47 Å². The summed E-state index contributed by atoms with van der Waals surface area (Å²) >= 11 is 0. The Morgan fingerprint density at radius 1 is 1.11 bits per heavy atom. The molecule has 0 N–H and O–H groups in total. The van der Waals surface area contributed by atoms with Crippen LogP contribution in [0.1, 0.15) is 21.7 Å². The fraction of sp³-hybridized carbons (Fsp3) is 0.571. The Morgan fingerprint density at radius 3 is 2.00 bits per heavy atom. The number of amides is 1. The predicted molar refractivity (Wildman–Crippen MR) is 73.4 cm³/mol. The molecule has 0 bridgehead atoms. The summed E-state index contributed by atoms with van der Waals surface area (Å²) in [6.45, 7) is 5.91. The van der Waals surface area contributed by atoms with Crippen LogP contribution in [0.3, 0.4) is 0 Å². The zero-order valence-corrected chi connectivity index (χ0v) is 12.1. The average molecular weight is 266 g/mol. The first kappa shape index (κ1) is 15.6. The summed E-state index contributed by atoms with van der Waals surface area (Å²) in [5.41, 5.74) is 2.36. The van der Waals surface area contributed by atoms with Crippen LogP contribution in [0.2, 0.25) is 0 Å². The maximum Gasteiger partial charge on any atom is 0.254 e. The van der Waals surface area contributed by atoms with Gasteiger partial charge in [0.25, 0.3) is 5.91 Å². The molecule has 0 radical (unpaired) electrons. The number of methoxy groups -OCH3 is 2. The monoisotopic (exact) mass is 266 g/mol. The van der Waals surface area contributed by atoms with Crippen LogP contribution in [0, 0.1) is 13.8 Å². The summed E-state index contributed by atoms with van der Waals surface area (Å²) in [4.78, 5) is 18.5. The van der Waals surface area contributed by atoms with Crippen LogP contribution in [0.4, 0.5) is 0 Å². The molecular weight excluding hydrogens is 244 g/mol. The summed E-state index contributed by atoms with van der Waals surface area (Å²) in [5, 5.41) is 0. The van der Waals surface area contributed by atoms with Crippen molar-refractivity contribution in [1.29, 1.82) is 0 Å². The molecule has 0 saturated carbocycles. The zero-order chi connectivity index (χ0) is 14.3. The Kier molecular flexibility index (Phi) is 6.45. The van der Waals surface area contributed by atoms with E-state index in [2.05, 4.69) is 4.98 Å². The van der Waals surface area contributed by atoms with E-state index in [0.717, 1.165) is 11.4 Å². The number of hydrogen-bond acceptors (Lipinski definition) is 4. The van der Waals surface area contributed by atoms with Crippen molar-refractivity contribution in [3.8, 4) is 0 Å². The highest BCUT2D eigenvalue weighted by atomic mass is 16.5. The Morgan fingerprint density at radius 2 is 1.58 bits per heavy atom. The minimum Gasteiger partial charge on any atom is -0.383 e. The Hall–Kier alpha value is -1.46. The molecule has 0 aliphatic rings. The molecule has 1 rings (SSSR count). The van der Waals surface area contributed by atoms with E-state index in [1.807, 2.05) is 26.0 Å². The van der Waals surface area contributed by atoms with Crippen molar-refractivity contribution >= 4 is 5.91 Å². The number of ether oxygens (including phenoxy) is 2. The molecule has 0 unspecified atom stereocenters. The quantitative estimate of drug-likeness (QED) is 0.749. The molecule has 0 saturated heterocycles. The maximum atomic E-state index is 12.4. The maximum absolute atomic E-state index is 12.4. The molecule has 106 valence electrons. The highest BCUT2D eigenvalue weighted by Gasteiger charge is 2.16. The smallest absolute Gasteiger partial charge is 0.254 e. The molecule has 0 aromatic carbocycles. The van der Waals surface area contributed by atoms with Crippen molar-refractivity contribution in [2.75, 3.05) is 40.5 Å². The fourth-order valence-corrected chi connectivity index (χ4v) is 1.86. The molecule has 0 aliphatic heterocycles. The van der Waals surface area contributed by atoms with Gasteiger partial charge in [-0.15, -0.1) is 0 Å². The number of carbonyl (C=O) groups excluding carboxylic acids is 1. The summed E-state index contributed by atoms with van der Waals surface area (Å²) in [6, 6.07) is 3.61. The van der Waals surface area contributed by atoms with Crippen LogP contribution < -0.4 is 0 Å². The Balaban J connectivity index is 2.84. The molecule has 1 aromatic heterocycles. The molecule has 0 atom stereocenters. The largest absolute Gasteiger partial charge is 0.383 e. The third-order valence-electron chi connectivity index (χ3n) is 2.75.